The van der Waals surface area contributed by atoms with Crippen LogP contribution < -0.4 is 0 Å². The highest BCUT2D eigenvalue weighted by Crippen LogP contribution is 2.39. The highest BCUT2D eigenvalue weighted by Gasteiger charge is 2.43. The average Bonchev–Trinajstić information content (AvgIpc) is 2.77. The molecule has 0 saturated carbocycles. The van der Waals surface area contributed by atoms with E-state index in [1.165, 1.54) is 4.90 Å². The van der Waals surface area contributed by atoms with Crippen molar-refractivity contribution < 1.29 is 22.5 Å². The van der Waals surface area contributed by atoms with Gasteiger partial charge < -0.3 is 10.0 Å². The number of benzene rings is 1. The van der Waals surface area contributed by atoms with Gasteiger partial charge in [-0.05, 0) is 50.7 Å². The second-order valence-corrected chi connectivity index (χ2v) is 8.08. The van der Waals surface area contributed by atoms with E-state index in [9.17, 15) is 18.3 Å². The molecule has 6 nitrogen and oxygen atoms in total. The Kier molecular flexibility index (Phi) is 4.33. The summed E-state index contributed by atoms with van der Waals surface area (Å²) in [5.41, 5.74) is 0.988. The van der Waals surface area contributed by atoms with Crippen LogP contribution in [0.15, 0.2) is 29.2 Å². The Bertz CT molecular complexity index is 671. The van der Waals surface area contributed by atoms with Crippen LogP contribution in [0.5, 0.6) is 0 Å². The quantitative estimate of drug-likeness (QED) is 0.853. The standard InChI is InChI=1S/C16H21NO5S/c1-11-2-6-15(7-3-11)23(20,21)22-10-12-8-13-4-5-14(9-12)17(13)16(18)19/h2-3,6-7,12-14H,4-5,8-10H2,1H3,(H,18,19)/t12?,13-,14+. The van der Waals surface area contributed by atoms with Crippen LogP contribution in [0.25, 0.3) is 0 Å². The van der Waals surface area contributed by atoms with E-state index in [0.29, 0.717) is 12.8 Å². The van der Waals surface area contributed by atoms with Crippen molar-refractivity contribution in [2.75, 3.05) is 6.61 Å². The number of rotatable bonds is 4. The van der Waals surface area contributed by atoms with Crippen LogP contribution in [0, 0.1) is 12.8 Å². The minimum absolute atomic E-state index is 0.00179. The van der Waals surface area contributed by atoms with E-state index in [2.05, 4.69) is 0 Å². The number of aryl methyl sites for hydroxylation is 1. The fraction of sp³-hybridized carbons (Fsp3) is 0.562. The van der Waals surface area contributed by atoms with Crippen LogP contribution in [0.2, 0.25) is 0 Å². The van der Waals surface area contributed by atoms with Gasteiger partial charge in [-0.25, -0.2) is 4.79 Å². The van der Waals surface area contributed by atoms with Crippen molar-refractivity contribution in [1.82, 2.24) is 4.90 Å². The second-order valence-electron chi connectivity index (χ2n) is 6.46. The minimum Gasteiger partial charge on any atom is -0.465 e. The van der Waals surface area contributed by atoms with Crippen molar-refractivity contribution in [3.05, 3.63) is 29.8 Å². The van der Waals surface area contributed by atoms with E-state index in [0.717, 1.165) is 18.4 Å². The maximum atomic E-state index is 12.2. The Morgan fingerprint density at radius 2 is 1.78 bits per heavy atom. The molecule has 2 aliphatic heterocycles. The SMILES string of the molecule is Cc1ccc(S(=O)(=O)OCC2C[C@H]3CC[C@@H](C2)N3C(=O)O)cc1. The lowest BCUT2D eigenvalue weighted by molar-refractivity contribution is 0.0721. The van der Waals surface area contributed by atoms with Gasteiger partial charge in [0.1, 0.15) is 0 Å². The van der Waals surface area contributed by atoms with Gasteiger partial charge in [0.05, 0.1) is 11.5 Å². The molecule has 126 valence electrons. The fourth-order valence-electron chi connectivity index (χ4n) is 3.70. The van der Waals surface area contributed by atoms with E-state index in [-0.39, 0.29) is 29.5 Å². The van der Waals surface area contributed by atoms with E-state index < -0.39 is 16.2 Å². The molecule has 3 atom stereocenters. The number of nitrogens with zero attached hydrogens (tertiary/aromatic N) is 1. The number of carboxylic acid groups (broad SMARTS) is 1. The largest absolute Gasteiger partial charge is 0.465 e. The van der Waals surface area contributed by atoms with Crippen LogP contribution in [0.3, 0.4) is 0 Å². The third-order valence-electron chi connectivity index (χ3n) is 4.82. The summed E-state index contributed by atoms with van der Waals surface area (Å²) in [5, 5.41) is 9.23. The zero-order valence-corrected chi connectivity index (χ0v) is 13.8. The molecule has 2 aliphatic rings. The Hall–Kier alpha value is -1.60. The van der Waals surface area contributed by atoms with Crippen LogP contribution in [-0.2, 0) is 14.3 Å². The van der Waals surface area contributed by atoms with Gasteiger partial charge in [0, 0.05) is 12.1 Å². The zero-order chi connectivity index (χ0) is 16.6. The molecule has 1 amide bonds. The summed E-state index contributed by atoms with van der Waals surface area (Å²) in [6.45, 7) is 2.01. The molecule has 0 aliphatic carbocycles. The first-order valence-electron chi connectivity index (χ1n) is 7.84. The van der Waals surface area contributed by atoms with Crippen LogP contribution in [0.1, 0.15) is 31.2 Å². The first-order valence-corrected chi connectivity index (χ1v) is 9.25. The first kappa shape index (κ1) is 16.3. The van der Waals surface area contributed by atoms with Crippen molar-refractivity contribution in [3.8, 4) is 0 Å². The minimum atomic E-state index is -3.75. The second kappa shape index (κ2) is 6.13. The molecule has 1 unspecified atom stereocenters. The maximum Gasteiger partial charge on any atom is 0.407 e. The van der Waals surface area contributed by atoms with Gasteiger partial charge in [0.15, 0.2) is 0 Å². The molecule has 2 bridgehead atoms. The van der Waals surface area contributed by atoms with Gasteiger partial charge in [-0.1, -0.05) is 17.7 Å². The summed E-state index contributed by atoms with van der Waals surface area (Å²) in [4.78, 5) is 12.9. The van der Waals surface area contributed by atoms with Crippen molar-refractivity contribution >= 4 is 16.2 Å². The van der Waals surface area contributed by atoms with E-state index in [1.54, 1.807) is 24.3 Å². The number of piperidine rings is 1. The van der Waals surface area contributed by atoms with E-state index in [1.807, 2.05) is 6.92 Å². The molecule has 1 aromatic rings. The Morgan fingerprint density at radius 3 is 2.30 bits per heavy atom. The fourth-order valence-corrected chi connectivity index (χ4v) is 4.67. The summed E-state index contributed by atoms with van der Waals surface area (Å²) >= 11 is 0. The molecule has 0 radical (unpaired) electrons. The molecular weight excluding hydrogens is 318 g/mol. The third-order valence-corrected chi connectivity index (χ3v) is 6.12. The molecule has 2 fully saturated rings. The number of carbonyl (C=O) groups is 1. The summed E-state index contributed by atoms with van der Waals surface area (Å²) in [7, 11) is -3.75. The van der Waals surface area contributed by atoms with Crippen molar-refractivity contribution in [2.24, 2.45) is 5.92 Å². The molecule has 23 heavy (non-hydrogen) atoms. The highest BCUT2D eigenvalue weighted by atomic mass is 32.2. The van der Waals surface area contributed by atoms with Crippen molar-refractivity contribution in [3.63, 3.8) is 0 Å². The summed E-state index contributed by atoms with van der Waals surface area (Å²) < 4.78 is 29.6. The number of fused-ring (bicyclic) bond motifs is 2. The van der Waals surface area contributed by atoms with Gasteiger partial charge in [-0.2, -0.15) is 8.42 Å². The zero-order valence-electron chi connectivity index (χ0n) is 13.0. The lowest BCUT2D eigenvalue weighted by Gasteiger charge is -2.36. The monoisotopic (exact) mass is 339 g/mol. The number of hydrogen-bond donors (Lipinski definition) is 1. The summed E-state index contributed by atoms with van der Waals surface area (Å²) in [5.74, 6) is 0.0864. The predicted octanol–water partition coefficient (Wildman–Crippen LogP) is 2.62. The highest BCUT2D eigenvalue weighted by molar-refractivity contribution is 7.86. The molecule has 1 aromatic carbocycles. The van der Waals surface area contributed by atoms with Gasteiger partial charge in [0.25, 0.3) is 10.1 Å². The van der Waals surface area contributed by atoms with Gasteiger partial charge in [-0.3, -0.25) is 4.18 Å². The van der Waals surface area contributed by atoms with Gasteiger partial charge in [-0.15, -0.1) is 0 Å². The van der Waals surface area contributed by atoms with Gasteiger partial charge in [0.2, 0.25) is 0 Å². The molecule has 1 N–H and O–H groups in total. The van der Waals surface area contributed by atoms with E-state index >= 15 is 0 Å². The lowest BCUT2D eigenvalue weighted by Crippen LogP contribution is -2.46. The predicted molar refractivity (Wildman–Crippen MR) is 83.7 cm³/mol. The molecule has 0 aromatic heterocycles. The average molecular weight is 339 g/mol. The Labute approximate surface area is 136 Å². The van der Waals surface area contributed by atoms with Crippen LogP contribution >= 0.6 is 0 Å². The summed E-state index contributed by atoms with van der Waals surface area (Å²) in [6, 6.07) is 6.57. The number of amides is 1. The lowest BCUT2D eigenvalue weighted by atomic mass is 9.92. The maximum absolute atomic E-state index is 12.2. The molecule has 0 spiro atoms. The molecule has 7 heteroatoms. The molecule has 2 saturated heterocycles. The van der Waals surface area contributed by atoms with Gasteiger partial charge >= 0.3 is 6.09 Å². The summed E-state index contributed by atoms with van der Waals surface area (Å²) in [6.07, 6.45) is 2.19. The Balaban J connectivity index is 1.61. The topological polar surface area (TPSA) is 83.9 Å². The van der Waals surface area contributed by atoms with Crippen molar-refractivity contribution in [1.29, 1.82) is 0 Å². The van der Waals surface area contributed by atoms with Crippen molar-refractivity contribution in [2.45, 2.75) is 49.6 Å². The normalized spacial score (nSPS) is 27.2. The number of hydrogen-bond acceptors (Lipinski definition) is 4. The van der Waals surface area contributed by atoms with Crippen LogP contribution in [0.4, 0.5) is 4.79 Å². The Morgan fingerprint density at radius 1 is 1.22 bits per heavy atom. The molecule has 2 heterocycles. The van der Waals surface area contributed by atoms with Crippen LogP contribution in [-0.4, -0.2) is 43.2 Å². The van der Waals surface area contributed by atoms with E-state index in [4.69, 9.17) is 4.18 Å². The third kappa shape index (κ3) is 3.35. The first-order chi connectivity index (χ1) is 10.9. The smallest absolute Gasteiger partial charge is 0.407 e. The molecule has 3 rings (SSSR count). The molecular formula is C16H21NO5S.